The number of nitrogens with zero attached hydrogens (tertiary/aromatic N) is 2. The zero-order valence-electron chi connectivity index (χ0n) is 36.2. The first-order valence-corrected chi connectivity index (χ1v) is 22.9. The van der Waals surface area contributed by atoms with Gasteiger partial charge in [-0.05, 0) is 96.9 Å². The Morgan fingerprint density at radius 2 is 1.65 bits per heavy atom. The number of rotatable bonds is 23. The number of oxime groups is 1. The summed E-state index contributed by atoms with van der Waals surface area (Å²) in [7, 11) is 0. The number of carbonyl (C=O) groups excluding carboxylic acids is 1. The molecule has 3 aromatic rings. The van der Waals surface area contributed by atoms with Crippen LogP contribution in [0.3, 0.4) is 0 Å². The van der Waals surface area contributed by atoms with Crippen molar-refractivity contribution in [3.8, 4) is 11.5 Å². The zero-order chi connectivity index (χ0) is 43.3. The van der Waals surface area contributed by atoms with Crippen LogP contribution in [-0.4, -0.2) is 65.0 Å². The summed E-state index contributed by atoms with van der Waals surface area (Å²) < 4.78 is 35.1. The second kappa shape index (κ2) is 22.0. The van der Waals surface area contributed by atoms with Gasteiger partial charge in [-0.25, -0.2) is 4.39 Å². The number of unbranched alkanes of at least 4 members (excludes halogenated alkanes) is 2. The Balaban J connectivity index is 1.43. The lowest BCUT2D eigenvalue weighted by molar-refractivity contribution is -0.258. The Labute approximate surface area is 367 Å². The first kappa shape index (κ1) is 45.3. The van der Waals surface area contributed by atoms with Gasteiger partial charge in [0.1, 0.15) is 36.6 Å². The van der Waals surface area contributed by atoms with E-state index in [-0.39, 0.29) is 68.9 Å². The Morgan fingerprint density at radius 3 is 2.37 bits per heavy atom. The Bertz CT molecular complexity index is 2000. The molecular formula is C52H65FN2O7. The maximum Gasteiger partial charge on any atom is 0.239 e. The number of aliphatic hydroxyl groups excluding tert-OH is 2. The fourth-order valence-electron chi connectivity index (χ4n) is 10.6. The van der Waals surface area contributed by atoms with E-state index in [9.17, 15) is 14.6 Å². The molecule has 7 rings (SSSR count). The lowest BCUT2D eigenvalue weighted by Gasteiger charge is -2.60. The van der Waals surface area contributed by atoms with E-state index in [4.69, 9.17) is 24.2 Å². The van der Waals surface area contributed by atoms with Gasteiger partial charge in [0.05, 0.1) is 18.2 Å². The maximum atomic E-state index is 15.1. The second-order valence-electron chi connectivity index (χ2n) is 17.5. The molecule has 4 aliphatic rings. The fraction of sp³-hybridized carbons (Fsp3) is 0.500. The lowest BCUT2D eigenvalue weighted by Crippen LogP contribution is -2.70. The van der Waals surface area contributed by atoms with Gasteiger partial charge >= 0.3 is 0 Å². The van der Waals surface area contributed by atoms with Crippen LogP contribution in [0.15, 0.2) is 115 Å². The highest BCUT2D eigenvalue weighted by Crippen LogP contribution is 2.62. The van der Waals surface area contributed by atoms with E-state index >= 15 is 4.79 Å². The number of hydrogen-bond acceptors (Lipinski definition) is 8. The van der Waals surface area contributed by atoms with Gasteiger partial charge in [-0.1, -0.05) is 111 Å². The van der Waals surface area contributed by atoms with E-state index in [1.165, 1.54) is 25.0 Å². The van der Waals surface area contributed by atoms with E-state index in [0.29, 0.717) is 43.3 Å². The van der Waals surface area contributed by atoms with Crippen molar-refractivity contribution in [3.63, 3.8) is 0 Å². The number of aliphatic hydroxyl groups is 2. The molecule has 0 spiro atoms. The number of allylic oxidation sites excluding steroid dienone is 1. The highest BCUT2D eigenvalue weighted by atomic mass is 19.1. The molecule has 3 aromatic carbocycles. The molecule has 6 atom stereocenters. The summed E-state index contributed by atoms with van der Waals surface area (Å²) in [5.74, 6) is -0.354. The number of ether oxygens (including phenoxy) is 3. The minimum absolute atomic E-state index is 0.0129. The van der Waals surface area contributed by atoms with E-state index < -0.39 is 17.7 Å². The smallest absolute Gasteiger partial charge is 0.239 e. The summed E-state index contributed by atoms with van der Waals surface area (Å²) >= 11 is 0. The lowest BCUT2D eigenvalue weighted by atomic mass is 9.55. The quantitative estimate of drug-likeness (QED) is 0.0556. The molecule has 1 amide bonds. The van der Waals surface area contributed by atoms with E-state index in [2.05, 4.69) is 25.3 Å². The van der Waals surface area contributed by atoms with Gasteiger partial charge in [0.15, 0.2) is 0 Å². The molecule has 0 aromatic heterocycles. The first-order valence-electron chi connectivity index (χ1n) is 22.9. The summed E-state index contributed by atoms with van der Waals surface area (Å²) in [6.07, 6.45) is 16.6. The van der Waals surface area contributed by atoms with Crippen LogP contribution in [0.5, 0.6) is 11.5 Å². The number of halogens is 1. The second-order valence-corrected chi connectivity index (χ2v) is 17.5. The number of benzene rings is 3. The van der Waals surface area contributed by atoms with Crippen molar-refractivity contribution in [1.82, 2.24) is 4.90 Å². The van der Waals surface area contributed by atoms with Crippen LogP contribution in [0.25, 0.3) is 0 Å². The molecule has 0 saturated heterocycles. The zero-order valence-corrected chi connectivity index (χ0v) is 36.2. The molecule has 1 heterocycles. The minimum atomic E-state index is -1.39. The normalized spacial score (nSPS) is 24.7. The summed E-state index contributed by atoms with van der Waals surface area (Å²) in [6.45, 7) is 9.14. The van der Waals surface area contributed by atoms with Crippen molar-refractivity contribution >= 4 is 11.6 Å². The van der Waals surface area contributed by atoms with Crippen LogP contribution in [0.2, 0.25) is 0 Å². The number of hydrogen-bond donors (Lipinski definition) is 2. The average molecular weight is 849 g/mol. The van der Waals surface area contributed by atoms with Crippen molar-refractivity contribution in [3.05, 3.63) is 132 Å². The summed E-state index contributed by atoms with van der Waals surface area (Å²) in [6, 6.07) is 21.6. The fourth-order valence-corrected chi connectivity index (χ4v) is 10.6. The molecule has 10 heteroatoms. The van der Waals surface area contributed by atoms with E-state index in [1.807, 2.05) is 47.4 Å². The van der Waals surface area contributed by atoms with Crippen molar-refractivity contribution in [2.45, 2.75) is 114 Å². The van der Waals surface area contributed by atoms with Crippen LogP contribution >= 0.6 is 0 Å². The largest absolute Gasteiger partial charge is 0.490 e. The molecule has 2 fully saturated rings. The monoisotopic (exact) mass is 848 g/mol. The van der Waals surface area contributed by atoms with Crippen LogP contribution in [0.1, 0.15) is 106 Å². The van der Waals surface area contributed by atoms with Crippen molar-refractivity contribution in [2.24, 2.45) is 28.8 Å². The molecule has 1 aliphatic heterocycles. The van der Waals surface area contributed by atoms with Gasteiger partial charge in [-0.15, -0.1) is 6.58 Å². The maximum absolute atomic E-state index is 15.1. The molecule has 332 valence electrons. The molecule has 2 N–H and O–H groups in total. The van der Waals surface area contributed by atoms with Gasteiger partial charge < -0.3 is 34.2 Å². The van der Waals surface area contributed by atoms with Crippen molar-refractivity contribution < 1.29 is 38.4 Å². The standard InChI is InChI=1S/C52H65FN2O7/c1-3-30-59-42-25-26-47-45(33-42)50-43(19-11-13-29-57)40(18-10-12-28-56)32-44-46(54-61-36-39-16-6-5-7-17-39)34-48(52(62-47,51(44)50)60-31-4-2)55(35-38-20-23-41(53)24-21-38)49(58)27-22-37-14-8-9-15-37/h3-7,16-17,20-21,23-26,32-33,37,40,43,48,50-51,56-57H,1-2,8-15,18-19,22,27-31,34-36H2/t40-,43+,48-,50+,51+,52+/m0/s1. The Morgan fingerprint density at radius 1 is 0.903 bits per heavy atom. The molecule has 3 aliphatic carbocycles. The van der Waals surface area contributed by atoms with Gasteiger partial charge in [0.25, 0.3) is 0 Å². The highest BCUT2D eigenvalue weighted by Gasteiger charge is 2.65. The van der Waals surface area contributed by atoms with Crippen LogP contribution < -0.4 is 9.47 Å². The third-order valence-electron chi connectivity index (χ3n) is 13.5. The molecule has 9 nitrogen and oxygen atoms in total. The van der Waals surface area contributed by atoms with Crippen LogP contribution in [0, 0.1) is 29.5 Å². The highest BCUT2D eigenvalue weighted by molar-refractivity contribution is 6.03. The van der Waals surface area contributed by atoms with Gasteiger partial charge in [0.2, 0.25) is 11.7 Å². The van der Waals surface area contributed by atoms with Crippen LogP contribution in [-0.2, 0) is 27.5 Å². The molecule has 0 unspecified atom stereocenters. The predicted molar refractivity (Wildman–Crippen MR) is 240 cm³/mol. The first-order chi connectivity index (χ1) is 30.4. The summed E-state index contributed by atoms with van der Waals surface area (Å²) in [5, 5.41) is 24.9. The van der Waals surface area contributed by atoms with E-state index in [0.717, 1.165) is 72.9 Å². The van der Waals surface area contributed by atoms with Crippen molar-refractivity contribution in [2.75, 3.05) is 26.4 Å². The Kier molecular flexibility index (Phi) is 16.1. The molecule has 62 heavy (non-hydrogen) atoms. The molecule has 0 radical (unpaired) electrons. The SMILES string of the molecule is C=CCOc1ccc2c(c1)[C@H]1[C@H](CCCCO)[C@@H](CCCCO)C=C3C(=NOCc4ccccc4)C[C@H](N(Cc4ccc(F)cc4)C(=O)CCC4CCCC4)[C@@](OCC=C)(O2)[C@H]31. The topological polar surface area (TPSA) is 110 Å². The molecule has 0 bridgehead atoms. The molecular weight excluding hydrogens is 784 g/mol. The predicted octanol–water partition coefficient (Wildman–Crippen LogP) is 10.2. The minimum Gasteiger partial charge on any atom is -0.490 e. The van der Waals surface area contributed by atoms with Gasteiger partial charge in [-0.2, -0.15) is 0 Å². The number of fused-ring (bicyclic) bond motifs is 2. The third-order valence-corrected chi connectivity index (χ3v) is 13.5. The third kappa shape index (κ3) is 10.5. The number of amides is 1. The van der Waals surface area contributed by atoms with Gasteiger partial charge in [0, 0.05) is 44.1 Å². The number of carbonyl (C=O) groups is 1. The Hall–Kier alpha value is -4.77. The van der Waals surface area contributed by atoms with Crippen molar-refractivity contribution in [1.29, 1.82) is 0 Å². The summed E-state index contributed by atoms with van der Waals surface area (Å²) in [4.78, 5) is 23.3. The molecule has 2 saturated carbocycles. The average Bonchev–Trinajstić information content (AvgIpc) is 3.82. The van der Waals surface area contributed by atoms with Crippen LogP contribution in [0.4, 0.5) is 4.39 Å². The van der Waals surface area contributed by atoms with Gasteiger partial charge in [-0.3, -0.25) is 4.79 Å². The van der Waals surface area contributed by atoms with E-state index in [1.54, 1.807) is 24.3 Å². The summed E-state index contributed by atoms with van der Waals surface area (Å²) in [5.41, 5.74) is 4.48.